The maximum Gasteiger partial charge on any atom is 0.323 e. The fraction of sp³-hybridized carbons (Fsp3) is 0.361. The van der Waals surface area contributed by atoms with Crippen LogP contribution in [0.1, 0.15) is 47.1 Å². The standard InChI is InChI=1S/C36H41FN5O7P/c1-3-48-36(46)24(2)39-50(47,49-27-8-5-4-6-9-27)21-20-40-16-18-41(19-17-40)34(44)30-28-10-7-15-38-32(28)33(43)31-29(30)23-42(35(31)45)22-25-11-13-26(37)14-12-25/h4-15,24,34,43-44H,3,16-23H2,1-2H3,(H,39,47)/t24-,34?,50?/m0/s1. The third kappa shape index (κ3) is 7.67. The summed E-state index contributed by atoms with van der Waals surface area (Å²) in [6.45, 7) is 6.28. The lowest BCUT2D eigenvalue weighted by Gasteiger charge is -2.38. The van der Waals surface area contributed by atoms with E-state index >= 15 is 0 Å². The molecule has 0 saturated carbocycles. The molecule has 0 spiro atoms. The first kappa shape index (κ1) is 35.4. The second-order valence-corrected chi connectivity index (χ2v) is 14.7. The molecule has 0 radical (unpaired) electrons. The fourth-order valence-electron chi connectivity index (χ4n) is 6.51. The van der Waals surface area contributed by atoms with Crippen molar-refractivity contribution in [1.29, 1.82) is 0 Å². The van der Waals surface area contributed by atoms with E-state index < -0.39 is 25.8 Å². The van der Waals surface area contributed by atoms with E-state index in [0.717, 1.165) is 5.56 Å². The van der Waals surface area contributed by atoms with Gasteiger partial charge in [-0.15, -0.1) is 0 Å². The highest BCUT2D eigenvalue weighted by Gasteiger charge is 2.38. The Morgan fingerprint density at radius 2 is 1.78 bits per heavy atom. The van der Waals surface area contributed by atoms with Crippen LogP contribution in [0.2, 0.25) is 0 Å². The molecular weight excluding hydrogens is 664 g/mol. The number of aliphatic hydroxyl groups is 1. The summed E-state index contributed by atoms with van der Waals surface area (Å²) >= 11 is 0. The number of aromatic nitrogens is 1. The molecule has 3 aromatic carbocycles. The predicted molar refractivity (Wildman–Crippen MR) is 185 cm³/mol. The van der Waals surface area contributed by atoms with Crippen LogP contribution < -0.4 is 9.61 Å². The number of phenolic OH excluding ortho intramolecular Hbond substituents is 1. The summed E-state index contributed by atoms with van der Waals surface area (Å²) in [6, 6.07) is 17.4. The minimum absolute atomic E-state index is 0.115. The first-order chi connectivity index (χ1) is 24.1. The number of nitrogens with zero attached hydrogens (tertiary/aromatic N) is 4. The van der Waals surface area contributed by atoms with Crippen LogP contribution in [0.3, 0.4) is 0 Å². The van der Waals surface area contributed by atoms with Crippen molar-refractivity contribution in [2.24, 2.45) is 0 Å². The van der Waals surface area contributed by atoms with Gasteiger partial charge >= 0.3 is 13.5 Å². The molecule has 2 aliphatic rings. The zero-order chi connectivity index (χ0) is 35.4. The largest absolute Gasteiger partial charge is 0.505 e. The molecule has 4 aromatic rings. The van der Waals surface area contributed by atoms with Gasteiger partial charge in [0.05, 0.1) is 18.3 Å². The number of rotatable bonds is 13. The number of piperazine rings is 1. The van der Waals surface area contributed by atoms with Crippen molar-refractivity contribution in [3.05, 3.63) is 101 Å². The molecule has 2 aliphatic heterocycles. The number of halogens is 1. The molecule has 0 bridgehead atoms. The molecule has 264 valence electrons. The van der Waals surface area contributed by atoms with Crippen LogP contribution in [0.4, 0.5) is 4.39 Å². The molecule has 1 aromatic heterocycles. The Hall–Kier alpha value is -4.39. The molecule has 14 heteroatoms. The van der Waals surface area contributed by atoms with Crippen molar-refractivity contribution >= 4 is 30.3 Å². The van der Waals surface area contributed by atoms with E-state index in [9.17, 15) is 28.8 Å². The Labute approximate surface area is 289 Å². The summed E-state index contributed by atoms with van der Waals surface area (Å²) < 4.78 is 38.6. The van der Waals surface area contributed by atoms with Crippen LogP contribution >= 0.6 is 7.52 Å². The van der Waals surface area contributed by atoms with E-state index in [0.29, 0.717) is 55.0 Å². The second kappa shape index (κ2) is 15.2. The highest BCUT2D eigenvalue weighted by Crippen LogP contribution is 2.45. The number of carbonyl (C=O) groups excluding carboxylic acids is 2. The van der Waals surface area contributed by atoms with E-state index in [-0.39, 0.29) is 54.4 Å². The number of hydrogen-bond acceptors (Lipinski definition) is 10. The van der Waals surface area contributed by atoms with Gasteiger partial charge in [-0.1, -0.05) is 36.4 Å². The van der Waals surface area contributed by atoms with E-state index in [2.05, 4.69) is 15.0 Å². The van der Waals surface area contributed by atoms with Crippen molar-refractivity contribution in [3.8, 4) is 11.5 Å². The molecule has 0 aliphatic carbocycles. The van der Waals surface area contributed by atoms with Gasteiger partial charge < -0.3 is 29.3 Å². The number of aliphatic hydroxyl groups excluding tert-OH is 1. The quantitative estimate of drug-likeness (QED) is 0.132. The summed E-state index contributed by atoms with van der Waals surface area (Å²) in [4.78, 5) is 35.9. The number of ether oxygens (including phenoxy) is 1. The summed E-state index contributed by atoms with van der Waals surface area (Å²) in [6.07, 6.45) is 0.556. The zero-order valence-corrected chi connectivity index (χ0v) is 28.9. The Morgan fingerprint density at radius 3 is 2.48 bits per heavy atom. The van der Waals surface area contributed by atoms with Crippen LogP contribution in [0.5, 0.6) is 11.5 Å². The normalized spacial score (nSPS) is 17.7. The van der Waals surface area contributed by atoms with Crippen molar-refractivity contribution in [3.63, 3.8) is 0 Å². The molecule has 2 unspecified atom stereocenters. The lowest BCUT2D eigenvalue weighted by Crippen LogP contribution is -2.48. The van der Waals surface area contributed by atoms with Gasteiger partial charge in [-0.25, -0.2) is 9.48 Å². The lowest BCUT2D eigenvalue weighted by atomic mass is 9.95. The minimum Gasteiger partial charge on any atom is -0.505 e. The first-order valence-electron chi connectivity index (χ1n) is 16.7. The monoisotopic (exact) mass is 705 g/mol. The van der Waals surface area contributed by atoms with Gasteiger partial charge in [0.1, 0.15) is 29.4 Å². The van der Waals surface area contributed by atoms with Crippen LogP contribution in [-0.2, 0) is 27.2 Å². The van der Waals surface area contributed by atoms with Crippen LogP contribution in [-0.4, -0.2) is 93.3 Å². The van der Waals surface area contributed by atoms with Gasteiger partial charge in [-0.05, 0) is 55.3 Å². The number of para-hydroxylation sites is 1. The van der Waals surface area contributed by atoms with Gasteiger partial charge in [0.25, 0.3) is 5.91 Å². The number of amides is 1. The molecule has 12 nitrogen and oxygen atoms in total. The molecule has 1 saturated heterocycles. The molecule has 1 fully saturated rings. The molecule has 3 heterocycles. The lowest BCUT2D eigenvalue weighted by molar-refractivity contribution is -0.144. The van der Waals surface area contributed by atoms with E-state index in [1.807, 2.05) is 11.0 Å². The highest BCUT2D eigenvalue weighted by atomic mass is 31.2. The maximum atomic E-state index is 14.1. The Kier molecular flexibility index (Phi) is 10.8. The Morgan fingerprint density at radius 1 is 1.06 bits per heavy atom. The smallest absolute Gasteiger partial charge is 0.323 e. The van der Waals surface area contributed by atoms with Crippen molar-refractivity contribution in [2.75, 3.05) is 45.5 Å². The van der Waals surface area contributed by atoms with Crippen molar-refractivity contribution < 1.29 is 38.0 Å². The van der Waals surface area contributed by atoms with E-state index in [1.165, 1.54) is 18.3 Å². The maximum absolute atomic E-state index is 14.1. The zero-order valence-electron chi connectivity index (χ0n) is 28.0. The summed E-state index contributed by atoms with van der Waals surface area (Å²) in [5, 5.41) is 26.6. The van der Waals surface area contributed by atoms with Crippen molar-refractivity contribution in [2.45, 2.75) is 39.2 Å². The number of phenols is 1. The number of benzene rings is 3. The average Bonchev–Trinajstić information content (AvgIpc) is 3.44. The SMILES string of the molecule is CCOC(=O)[C@H](C)NP(=O)(CCN1CCN(C(O)c2c3c(c(O)c4ncccc24)C(=O)N(Cc2ccc(F)cc2)C3)CC1)Oc1ccccc1. The van der Waals surface area contributed by atoms with Gasteiger partial charge in [0, 0.05) is 63.0 Å². The number of fused-ring (bicyclic) bond motifs is 2. The number of nitrogens with one attached hydrogen (secondary N) is 1. The van der Waals surface area contributed by atoms with Gasteiger partial charge in [-0.2, -0.15) is 0 Å². The third-order valence-corrected chi connectivity index (χ3v) is 11.1. The Bertz CT molecular complexity index is 1890. The van der Waals surface area contributed by atoms with Crippen LogP contribution in [0.15, 0.2) is 72.9 Å². The third-order valence-electron chi connectivity index (χ3n) is 9.07. The Balaban J connectivity index is 1.17. The average molecular weight is 706 g/mol. The number of esters is 1. The molecule has 3 atom stereocenters. The van der Waals surface area contributed by atoms with Crippen molar-refractivity contribution in [1.82, 2.24) is 24.8 Å². The van der Waals surface area contributed by atoms with Gasteiger partial charge in [0.15, 0.2) is 5.75 Å². The molecule has 1 amide bonds. The summed E-state index contributed by atoms with van der Waals surface area (Å²) in [5.74, 6) is -1.09. The summed E-state index contributed by atoms with van der Waals surface area (Å²) in [7, 11) is -3.55. The van der Waals surface area contributed by atoms with Gasteiger partial charge in [-0.3, -0.25) is 24.0 Å². The minimum atomic E-state index is -3.55. The highest BCUT2D eigenvalue weighted by molar-refractivity contribution is 7.57. The topological polar surface area (TPSA) is 145 Å². The predicted octanol–water partition coefficient (Wildman–Crippen LogP) is 4.66. The first-order valence-corrected chi connectivity index (χ1v) is 18.5. The molecular formula is C36H41FN5O7P. The molecule has 3 N–H and O–H groups in total. The second-order valence-electron chi connectivity index (χ2n) is 12.5. The van der Waals surface area contributed by atoms with Gasteiger partial charge in [0.2, 0.25) is 0 Å². The number of hydrogen-bond donors (Lipinski definition) is 3. The van der Waals surface area contributed by atoms with Crippen LogP contribution in [0.25, 0.3) is 10.9 Å². The molecule has 50 heavy (non-hydrogen) atoms. The molecule has 6 rings (SSSR count). The summed E-state index contributed by atoms with van der Waals surface area (Å²) in [5.41, 5.74) is 2.13. The van der Waals surface area contributed by atoms with E-state index in [4.69, 9.17) is 9.26 Å². The van der Waals surface area contributed by atoms with Crippen LogP contribution in [0, 0.1) is 5.82 Å². The van der Waals surface area contributed by atoms with E-state index in [1.54, 1.807) is 67.3 Å². The number of aromatic hydroxyl groups is 1. The number of pyridine rings is 1. The fourth-order valence-corrected chi connectivity index (χ4v) is 8.49. The number of carbonyl (C=O) groups is 2.